The molecule has 0 unspecified atom stereocenters. The summed E-state index contributed by atoms with van der Waals surface area (Å²) in [5.41, 5.74) is 3.32. The minimum atomic E-state index is 0. The predicted octanol–water partition coefficient (Wildman–Crippen LogP) is 3.04. The number of fused-ring (bicyclic) bond motifs is 1. The van der Waals surface area contributed by atoms with Crippen LogP contribution in [0, 0.1) is 6.07 Å². The molecular formula is C14H11IrN2-. The van der Waals surface area contributed by atoms with Gasteiger partial charge in [-0.05, 0) is 23.8 Å². The smallest absolute Gasteiger partial charge is 0.0309 e. The average Bonchev–Trinajstić information content (AvgIpc) is 2.69. The van der Waals surface area contributed by atoms with Crippen LogP contribution in [0.4, 0.5) is 0 Å². The number of aromatic nitrogens is 2. The molecule has 0 amide bonds. The van der Waals surface area contributed by atoms with Gasteiger partial charge < -0.3 is 4.57 Å². The minimum Gasteiger partial charge on any atom is -0.398 e. The van der Waals surface area contributed by atoms with Gasteiger partial charge in [0.1, 0.15) is 0 Å². The molecule has 0 aliphatic carbocycles. The first-order valence-corrected chi connectivity index (χ1v) is 5.23. The van der Waals surface area contributed by atoms with Crippen molar-refractivity contribution in [2.75, 3.05) is 0 Å². The molecule has 0 aliphatic heterocycles. The van der Waals surface area contributed by atoms with Gasteiger partial charge in [0.2, 0.25) is 0 Å². The Morgan fingerprint density at radius 3 is 2.82 bits per heavy atom. The molecule has 0 fully saturated rings. The third kappa shape index (κ3) is 2.04. The normalized spacial score (nSPS) is 10.2. The Kier molecular flexibility index (Phi) is 3.41. The second kappa shape index (κ2) is 4.82. The number of pyridine rings is 1. The molecule has 0 bridgehead atoms. The summed E-state index contributed by atoms with van der Waals surface area (Å²) in [5, 5.41) is 1.13. The van der Waals surface area contributed by atoms with Gasteiger partial charge in [0, 0.05) is 39.0 Å². The maximum atomic E-state index is 4.38. The van der Waals surface area contributed by atoms with Crippen LogP contribution < -0.4 is 0 Å². The summed E-state index contributed by atoms with van der Waals surface area (Å²) in [6.45, 7) is 0. The standard InChI is InChI=1S/C14H11N2.Ir/c1-16-10-12(13-7-4-5-9-15-13)11-6-2-3-8-14(11)16;/h2-5,7-10H,1H3;/q-1;. The molecule has 17 heavy (non-hydrogen) atoms. The number of hydrogen-bond donors (Lipinski definition) is 0. The van der Waals surface area contributed by atoms with Crippen LogP contribution in [0.1, 0.15) is 0 Å². The fraction of sp³-hybridized carbons (Fsp3) is 0.0714. The van der Waals surface area contributed by atoms with Crippen molar-refractivity contribution < 1.29 is 20.1 Å². The van der Waals surface area contributed by atoms with Gasteiger partial charge in [0.25, 0.3) is 0 Å². The van der Waals surface area contributed by atoms with E-state index in [9.17, 15) is 0 Å². The quantitative estimate of drug-likeness (QED) is 0.575. The molecule has 3 rings (SSSR count). The number of benzene rings is 1. The summed E-state index contributed by atoms with van der Waals surface area (Å²) in [7, 11) is 2.04. The van der Waals surface area contributed by atoms with Crippen LogP contribution in [0.15, 0.2) is 48.8 Å². The molecule has 0 saturated heterocycles. The molecule has 2 nitrogen and oxygen atoms in total. The van der Waals surface area contributed by atoms with Crippen LogP contribution in [0.2, 0.25) is 0 Å². The van der Waals surface area contributed by atoms with Gasteiger partial charge in [0.15, 0.2) is 0 Å². The van der Waals surface area contributed by atoms with E-state index in [4.69, 9.17) is 0 Å². The summed E-state index contributed by atoms with van der Waals surface area (Å²) in [6, 6.07) is 15.3. The Hall–Kier alpha value is -1.44. The van der Waals surface area contributed by atoms with Gasteiger partial charge in [0.05, 0.1) is 0 Å². The first-order chi connectivity index (χ1) is 7.86. The maximum Gasteiger partial charge on any atom is 0.0309 e. The van der Waals surface area contributed by atoms with Crippen LogP contribution in [-0.4, -0.2) is 9.55 Å². The van der Waals surface area contributed by atoms with Gasteiger partial charge in [-0.2, -0.15) is 0 Å². The largest absolute Gasteiger partial charge is 0.398 e. The third-order valence-corrected chi connectivity index (χ3v) is 2.75. The molecule has 1 radical (unpaired) electrons. The van der Waals surface area contributed by atoms with E-state index < -0.39 is 0 Å². The Morgan fingerprint density at radius 2 is 2.06 bits per heavy atom. The molecule has 87 valence electrons. The zero-order valence-electron chi connectivity index (χ0n) is 9.35. The number of rotatable bonds is 1. The van der Waals surface area contributed by atoms with Crippen molar-refractivity contribution in [1.29, 1.82) is 0 Å². The Balaban J connectivity index is 0.00000108. The van der Waals surface area contributed by atoms with Crippen molar-refractivity contribution in [3.8, 4) is 11.3 Å². The Morgan fingerprint density at radius 1 is 1.18 bits per heavy atom. The minimum absolute atomic E-state index is 0. The molecule has 2 heterocycles. The zero-order chi connectivity index (χ0) is 11.0. The molecule has 0 N–H and O–H groups in total. The van der Waals surface area contributed by atoms with E-state index in [1.807, 2.05) is 43.6 Å². The van der Waals surface area contributed by atoms with E-state index >= 15 is 0 Å². The van der Waals surface area contributed by atoms with Crippen LogP contribution in [-0.2, 0) is 27.2 Å². The van der Waals surface area contributed by atoms with Crippen molar-refractivity contribution in [2.24, 2.45) is 7.05 Å². The molecule has 0 atom stereocenters. The van der Waals surface area contributed by atoms with Crippen molar-refractivity contribution in [2.45, 2.75) is 0 Å². The van der Waals surface area contributed by atoms with Gasteiger partial charge >= 0.3 is 0 Å². The molecule has 2 aromatic heterocycles. The number of hydrogen-bond acceptors (Lipinski definition) is 1. The number of nitrogens with zero attached hydrogens (tertiary/aromatic N) is 2. The second-order valence-corrected chi connectivity index (χ2v) is 3.80. The molecule has 0 aliphatic rings. The van der Waals surface area contributed by atoms with E-state index in [0.29, 0.717) is 0 Å². The van der Waals surface area contributed by atoms with E-state index in [2.05, 4.69) is 27.9 Å². The van der Waals surface area contributed by atoms with Gasteiger partial charge in [-0.3, -0.25) is 4.98 Å². The third-order valence-electron chi connectivity index (χ3n) is 2.75. The van der Waals surface area contributed by atoms with E-state index in [-0.39, 0.29) is 20.1 Å². The second-order valence-electron chi connectivity index (χ2n) is 3.80. The fourth-order valence-corrected chi connectivity index (χ4v) is 1.98. The Labute approximate surface area is 114 Å². The zero-order valence-corrected chi connectivity index (χ0v) is 11.7. The van der Waals surface area contributed by atoms with E-state index in [1.54, 1.807) is 0 Å². The van der Waals surface area contributed by atoms with Crippen molar-refractivity contribution >= 4 is 10.9 Å². The van der Waals surface area contributed by atoms with Crippen LogP contribution in [0.3, 0.4) is 0 Å². The summed E-state index contributed by atoms with van der Waals surface area (Å²) in [5.74, 6) is 0. The molecule has 0 spiro atoms. The molecule has 3 aromatic rings. The molecule has 0 saturated carbocycles. The van der Waals surface area contributed by atoms with Crippen LogP contribution in [0.25, 0.3) is 22.2 Å². The first kappa shape index (κ1) is 12.0. The van der Waals surface area contributed by atoms with Crippen LogP contribution >= 0.6 is 0 Å². The first-order valence-electron chi connectivity index (χ1n) is 5.23. The van der Waals surface area contributed by atoms with E-state index in [1.165, 1.54) is 5.52 Å². The summed E-state index contributed by atoms with van der Waals surface area (Å²) >= 11 is 0. The van der Waals surface area contributed by atoms with Crippen LogP contribution in [0.5, 0.6) is 0 Å². The van der Waals surface area contributed by atoms with Gasteiger partial charge in [-0.1, -0.05) is 11.6 Å². The van der Waals surface area contributed by atoms with Crippen molar-refractivity contribution in [3.63, 3.8) is 0 Å². The maximum absolute atomic E-state index is 4.38. The van der Waals surface area contributed by atoms with Gasteiger partial charge in [-0.25, -0.2) is 0 Å². The predicted molar refractivity (Wildman–Crippen MR) is 65.0 cm³/mol. The summed E-state index contributed by atoms with van der Waals surface area (Å²) < 4.78 is 2.11. The van der Waals surface area contributed by atoms with E-state index in [0.717, 1.165) is 16.6 Å². The average molecular weight is 399 g/mol. The Bertz CT molecular complexity index is 629. The fourth-order valence-electron chi connectivity index (χ4n) is 1.98. The van der Waals surface area contributed by atoms with Crippen molar-refractivity contribution in [3.05, 3.63) is 54.9 Å². The molecule has 3 heteroatoms. The van der Waals surface area contributed by atoms with Crippen molar-refractivity contribution in [1.82, 2.24) is 9.55 Å². The topological polar surface area (TPSA) is 17.8 Å². The number of aryl methyl sites for hydroxylation is 1. The molecule has 1 aromatic carbocycles. The monoisotopic (exact) mass is 400 g/mol. The summed E-state index contributed by atoms with van der Waals surface area (Å²) in [6.07, 6.45) is 3.92. The SMILES string of the molecule is Cn1cc(-c2ccccn2)c2[c-]cccc21.[Ir]. The van der Waals surface area contributed by atoms with Gasteiger partial charge in [-0.15, -0.1) is 29.7 Å². The summed E-state index contributed by atoms with van der Waals surface area (Å²) in [4.78, 5) is 4.38. The molecular weight excluding hydrogens is 388 g/mol.